The molecule has 162 valence electrons. The molecule has 0 spiro atoms. The fraction of sp³-hybridized carbons (Fsp3) is 0.435. The van der Waals surface area contributed by atoms with Crippen LogP contribution in [0.4, 0.5) is 0 Å². The molecule has 1 fully saturated rings. The van der Waals surface area contributed by atoms with Crippen LogP contribution in [0.15, 0.2) is 54.6 Å². The molecule has 0 unspecified atom stereocenters. The van der Waals surface area contributed by atoms with E-state index in [0.29, 0.717) is 32.5 Å². The van der Waals surface area contributed by atoms with Crippen LogP contribution in [0, 0.1) is 12.8 Å². The van der Waals surface area contributed by atoms with Gasteiger partial charge in [0.1, 0.15) is 0 Å². The Hall–Kier alpha value is -1.83. The zero-order chi connectivity index (χ0) is 21.4. The van der Waals surface area contributed by atoms with E-state index in [4.69, 9.17) is 0 Å². The second-order valence-electron chi connectivity index (χ2n) is 7.75. The van der Waals surface area contributed by atoms with Crippen molar-refractivity contribution in [1.82, 2.24) is 9.62 Å². The molecular weight excluding hydrogens is 416 g/mol. The number of amides is 1. The third kappa shape index (κ3) is 6.86. The second-order valence-corrected chi connectivity index (χ2v) is 10.8. The lowest BCUT2D eigenvalue weighted by atomic mass is 9.97. The monoisotopic (exact) mass is 446 g/mol. The minimum Gasteiger partial charge on any atom is -0.355 e. The average Bonchev–Trinajstić information content (AvgIpc) is 2.74. The summed E-state index contributed by atoms with van der Waals surface area (Å²) in [6.45, 7) is 3.42. The Morgan fingerprint density at radius 2 is 1.77 bits per heavy atom. The number of nitrogens with zero attached hydrogens (tertiary/aromatic N) is 1. The summed E-state index contributed by atoms with van der Waals surface area (Å²) < 4.78 is 27.0. The van der Waals surface area contributed by atoms with Crippen molar-refractivity contribution in [3.8, 4) is 0 Å². The minimum atomic E-state index is -3.35. The molecule has 0 saturated carbocycles. The van der Waals surface area contributed by atoms with E-state index in [-0.39, 0.29) is 17.6 Å². The summed E-state index contributed by atoms with van der Waals surface area (Å²) in [5.74, 6) is 1.77. The highest BCUT2D eigenvalue weighted by Crippen LogP contribution is 2.22. The van der Waals surface area contributed by atoms with Gasteiger partial charge in [-0.15, -0.1) is 0 Å². The van der Waals surface area contributed by atoms with Gasteiger partial charge in [0, 0.05) is 37.1 Å². The van der Waals surface area contributed by atoms with Gasteiger partial charge < -0.3 is 5.32 Å². The largest absolute Gasteiger partial charge is 0.355 e. The number of piperidine rings is 1. The zero-order valence-corrected chi connectivity index (χ0v) is 19.1. The molecule has 0 aliphatic carbocycles. The highest BCUT2D eigenvalue weighted by molar-refractivity contribution is 7.98. The van der Waals surface area contributed by atoms with Gasteiger partial charge >= 0.3 is 0 Å². The van der Waals surface area contributed by atoms with Crippen molar-refractivity contribution in [3.63, 3.8) is 0 Å². The SMILES string of the molecule is Cc1cccc(CS(=O)(=O)N2CCC(C(=O)NCCSCc3ccccc3)CC2)c1. The number of sulfonamides is 1. The summed E-state index contributed by atoms with van der Waals surface area (Å²) in [5, 5.41) is 3.01. The van der Waals surface area contributed by atoms with Gasteiger partial charge in [0.15, 0.2) is 0 Å². The van der Waals surface area contributed by atoms with Crippen LogP contribution in [0.5, 0.6) is 0 Å². The number of benzene rings is 2. The van der Waals surface area contributed by atoms with Crippen LogP contribution in [0.1, 0.15) is 29.5 Å². The van der Waals surface area contributed by atoms with E-state index in [2.05, 4.69) is 17.4 Å². The Bertz CT molecular complexity index is 924. The van der Waals surface area contributed by atoms with E-state index >= 15 is 0 Å². The predicted octanol–water partition coefficient (Wildman–Crippen LogP) is 3.59. The molecule has 3 rings (SSSR count). The minimum absolute atomic E-state index is 0.0180. The molecule has 7 heteroatoms. The molecule has 0 aromatic heterocycles. The first-order chi connectivity index (χ1) is 14.4. The lowest BCUT2D eigenvalue weighted by molar-refractivity contribution is -0.125. The molecule has 5 nitrogen and oxygen atoms in total. The van der Waals surface area contributed by atoms with Crippen molar-refractivity contribution >= 4 is 27.7 Å². The van der Waals surface area contributed by atoms with E-state index in [9.17, 15) is 13.2 Å². The molecule has 2 aromatic carbocycles. The number of carbonyl (C=O) groups is 1. The van der Waals surface area contributed by atoms with Crippen LogP contribution in [0.3, 0.4) is 0 Å². The van der Waals surface area contributed by atoms with Crippen LogP contribution < -0.4 is 5.32 Å². The molecule has 30 heavy (non-hydrogen) atoms. The molecule has 1 heterocycles. The van der Waals surface area contributed by atoms with Gasteiger partial charge in [-0.25, -0.2) is 12.7 Å². The van der Waals surface area contributed by atoms with Crippen LogP contribution in [-0.4, -0.2) is 44.0 Å². The maximum Gasteiger partial charge on any atom is 0.223 e. The number of aryl methyl sites for hydroxylation is 1. The molecule has 1 N–H and O–H groups in total. The van der Waals surface area contributed by atoms with Crippen molar-refractivity contribution in [2.24, 2.45) is 5.92 Å². The van der Waals surface area contributed by atoms with Crippen molar-refractivity contribution in [2.45, 2.75) is 31.3 Å². The summed E-state index contributed by atoms with van der Waals surface area (Å²) in [4.78, 5) is 12.4. The summed E-state index contributed by atoms with van der Waals surface area (Å²) in [6.07, 6.45) is 1.16. The van der Waals surface area contributed by atoms with E-state index < -0.39 is 10.0 Å². The Morgan fingerprint density at radius 1 is 1.07 bits per heavy atom. The first-order valence-electron chi connectivity index (χ1n) is 10.4. The molecule has 0 radical (unpaired) electrons. The van der Waals surface area contributed by atoms with Crippen LogP contribution in [-0.2, 0) is 26.3 Å². The number of hydrogen-bond acceptors (Lipinski definition) is 4. The third-order valence-electron chi connectivity index (χ3n) is 5.31. The van der Waals surface area contributed by atoms with Gasteiger partial charge in [-0.3, -0.25) is 4.79 Å². The summed E-state index contributed by atoms with van der Waals surface area (Å²) >= 11 is 1.80. The zero-order valence-electron chi connectivity index (χ0n) is 17.4. The fourth-order valence-electron chi connectivity index (χ4n) is 3.65. The number of nitrogens with one attached hydrogen (secondary N) is 1. The Kier molecular flexibility index (Phi) is 8.36. The van der Waals surface area contributed by atoms with E-state index in [0.717, 1.165) is 22.6 Å². The van der Waals surface area contributed by atoms with Gasteiger partial charge in [0.05, 0.1) is 5.75 Å². The molecule has 1 amide bonds. The van der Waals surface area contributed by atoms with E-state index in [1.165, 1.54) is 9.87 Å². The summed E-state index contributed by atoms with van der Waals surface area (Å²) in [6, 6.07) is 17.9. The van der Waals surface area contributed by atoms with Gasteiger partial charge in [0.2, 0.25) is 15.9 Å². The quantitative estimate of drug-likeness (QED) is 0.598. The number of rotatable bonds is 9. The Labute approximate surface area is 184 Å². The first kappa shape index (κ1) is 22.8. The van der Waals surface area contributed by atoms with Gasteiger partial charge in [0.25, 0.3) is 0 Å². The highest BCUT2D eigenvalue weighted by Gasteiger charge is 2.31. The number of hydrogen-bond donors (Lipinski definition) is 1. The average molecular weight is 447 g/mol. The van der Waals surface area contributed by atoms with Gasteiger partial charge in [-0.1, -0.05) is 60.2 Å². The molecule has 1 aliphatic heterocycles. The van der Waals surface area contributed by atoms with Crippen molar-refractivity contribution < 1.29 is 13.2 Å². The van der Waals surface area contributed by atoms with Crippen LogP contribution in [0.25, 0.3) is 0 Å². The van der Waals surface area contributed by atoms with Crippen molar-refractivity contribution in [2.75, 3.05) is 25.4 Å². The lowest BCUT2D eigenvalue weighted by Gasteiger charge is -2.30. The molecule has 0 bridgehead atoms. The molecule has 1 saturated heterocycles. The smallest absolute Gasteiger partial charge is 0.223 e. The lowest BCUT2D eigenvalue weighted by Crippen LogP contribution is -2.43. The van der Waals surface area contributed by atoms with Crippen LogP contribution >= 0.6 is 11.8 Å². The molecule has 1 aliphatic rings. The van der Waals surface area contributed by atoms with Gasteiger partial charge in [-0.2, -0.15) is 11.8 Å². The molecular formula is C23H30N2O3S2. The van der Waals surface area contributed by atoms with Crippen LogP contribution in [0.2, 0.25) is 0 Å². The number of carbonyl (C=O) groups excluding carboxylic acids is 1. The molecule has 0 atom stereocenters. The normalized spacial score (nSPS) is 15.8. The van der Waals surface area contributed by atoms with Crippen molar-refractivity contribution in [1.29, 1.82) is 0 Å². The van der Waals surface area contributed by atoms with E-state index in [1.54, 1.807) is 11.8 Å². The molecule has 2 aromatic rings. The highest BCUT2D eigenvalue weighted by atomic mass is 32.2. The van der Waals surface area contributed by atoms with Crippen molar-refractivity contribution in [3.05, 3.63) is 71.3 Å². The van der Waals surface area contributed by atoms with Gasteiger partial charge in [-0.05, 0) is 30.9 Å². The topological polar surface area (TPSA) is 66.5 Å². The third-order valence-corrected chi connectivity index (χ3v) is 8.19. The maximum absolute atomic E-state index is 12.7. The summed E-state index contributed by atoms with van der Waals surface area (Å²) in [5.41, 5.74) is 3.15. The second kappa shape index (κ2) is 11.0. The standard InChI is InChI=1S/C23H30N2O3S2/c1-19-6-5-9-21(16-19)18-30(27,28)25-13-10-22(11-14-25)23(26)24-12-15-29-17-20-7-3-2-4-8-20/h2-9,16,22H,10-15,17-18H2,1H3,(H,24,26). The Morgan fingerprint density at radius 3 is 2.47 bits per heavy atom. The first-order valence-corrected chi connectivity index (χ1v) is 13.1. The summed E-state index contributed by atoms with van der Waals surface area (Å²) in [7, 11) is -3.35. The predicted molar refractivity (Wildman–Crippen MR) is 124 cm³/mol. The van der Waals surface area contributed by atoms with E-state index in [1.807, 2.05) is 49.4 Å². The Balaban J connectivity index is 1.37. The maximum atomic E-state index is 12.7. The fourth-order valence-corrected chi connectivity index (χ4v) is 6.02. The number of thioether (sulfide) groups is 1.